The average Bonchev–Trinajstić information content (AvgIpc) is 2.87. The molecule has 1 N–H and O–H groups in total. The Labute approximate surface area is 95.5 Å². The van der Waals surface area contributed by atoms with Crippen molar-refractivity contribution in [2.45, 2.75) is 39.3 Å². The number of likely N-dealkylation sites (tertiary alicyclic amines) is 1. The lowest BCUT2D eigenvalue weighted by Gasteiger charge is -2.15. The highest BCUT2D eigenvalue weighted by Gasteiger charge is 2.26. The summed E-state index contributed by atoms with van der Waals surface area (Å²) in [4.78, 5) is 2.25. The minimum Gasteiger partial charge on any atom is -0.424 e. The summed E-state index contributed by atoms with van der Waals surface area (Å²) in [5.41, 5.74) is 0. The van der Waals surface area contributed by atoms with Crippen molar-refractivity contribution in [2.24, 2.45) is 5.92 Å². The summed E-state index contributed by atoms with van der Waals surface area (Å²) in [6, 6.07) is 0. The maximum atomic E-state index is 9.50. The van der Waals surface area contributed by atoms with Gasteiger partial charge in [0, 0.05) is 13.0 Å². The van der Waals surface area contributed by atoms with E-state index in [0.29, 0.717) is 24.2 Å². The molecule has 2 unspecified atom stereocenters. The topological polar surface area (TPSA) is 62.4 Å². The molecule has 0 bridgehead atoms. The molecule has 90 valence electrons. The van der Waals surface area contributed by atoms with Gasteiger partial charge in [-0.3, -0.25) is 4.90 Å². The fourth-order valence-electron chi connectivity index (χ4n) is 2.09. The van der Waals surface area contributed by atoms with E-state index in [4.69, 9.17) is 4.42 Å². The van der Waals surface area contributed by atoms with Gasteiger partial charge in [-0.25, -0.2) is 0 Å². The Balaban J connectivity index is 1.87. The number of aliphatic hydroxyl groups is 1. The van der Waals surface area contributed by atoms with Crippen LogP contribution in [0.5, 0.6) is 0 Å². The van der Waals surface area contributed by atoms with Gasteiger partial charge in [-0.05, 0) is 25.8 Å². The van der Waals surface area contributed by atoms with Crippen LogP contribution in [0.2, 0.25) is 0 Å². The van der Waals surface area contributed by atoms with E-state index in [9.17, 15) is 5.11 Å². The molecule has 5 heteroatoms. The van der Waals surface area contributed by atoms with E-state index in [0.717, 1.165) is 25.9 Å². The number of hydrogen-bond acceptors (Lipinski definition) is 5. The van der Waals surface area contributed by atoms with Crippen LogP contribution in [-0.4, -0.2) is 39.4 Å². The van der Waals surface area contributed by atoms with Crippen LogP contribution in [0.25, 0.3) is 0 Å². The highest BCUT2D eigenvalue weighted by Crippen LogP contribution is 2.21. The van der Waals surface area contributed by atoms with Crippen molar-refractivity contribution >= 4 is 0 Å². The molecule has 0 saturated carbocycles. The number of hydrogen-bond donors (Lipinski definition) is 1. The summed E-state index contributed by atoms with van der Waals surface area (Å²) in [5.74, 6) is 1.76. The molecule has 0 aromatic carbocycles. The molecule has 16 heavy (non-hydrogen) atoms. The first-order valence-electron chi connectivity index (χ1n) is 5.90. The fraction of sp³-hybridized carbons (Fsp3) is 0.818. The van der Waals surface area contributed by atoms with Crippen LogP contribution >= 0.6 is 0 Å². The molecule has 1 saturated heterocycles. The van der Waals surface area contributed by atoms with Crippen molar-refractivity contribution in [3.63, 3.8) is 0 Å². The lowest BCUT2D eigenvalue weighted by Crippen LogP contribution is -2.24. The third-order valence-electron chi connectivity index (χ3n) is 3.16. The smallest absolute Gasteiger partial charge is 0.230 e. The molecule has 2 rings (SSSR count). The van der Waals surface area contributed by atoms with E-state index in [1.807, 2.05) is 13.8 Å². The largest absolute Gasteiger partial charge is 0.424 e. The Morgan fingerprint density at radius 3 is 2.81 bits per heavy atom. The first-order valence-corrected chi connectivity index (χ1v) is 5.90. The van der Waals surface area contributed by atoms with Crippen LogP contribution in [-0.2, 0) is 13.0 Å². The van der Waals surface area contributed by atoms with E-state index >= 15 is 0 Å². The summed E-state index contributed by atoms with van der Waals surface area (Å²) in [6.07, 6.45) is 1.61. The first-order chi connectivity index (χ1) is 7.69. The summed E-state index contributed by atoms with van der Waals surface area (Å²) < 4.78 is 5.46. The van der Waals surface area contributed by atoms with Crippen LogP contribution in [0, 0.1) is 5.92 Å². The van der Waals surface area contributed by atoms with Gasteiger partial charge < -0.3 is 9.52 Å². The summed E-state index contributed by atoms with van der Waals surface area (Å²) in [7, 11) is 0. The number of aromatic nitrogens is 2. The minimum absolute atomic E-state index is 0.223. The van der Waals surface area contributed by atoms with Gasteiger partial charge in [-0.1, -0.05) is 6.92 Å². The maximum absolute atomic E-state index is 9.50. The minimum atomic E-state index is -0.223. The predicted molar refractivity (Wildman–Crippen MR) is 58.7 cm³/mol. The molecule has 2 atom stereocenters. The van der Waals surface area contributed by atoms with Crippen molar-refractivity contribution < 1.29 is 9.52 Å². The standard InChI is InChI=1S/C11H19N3O2/c1-3-10-12-13-11(16-10)7-14-5-4-9(6-14)8(2)15/h8-9,15H,3-7H2,1-2H3. The van der Waals surface area contributed by atoms with Gasteiger partial charge >= 0.3 is 0 Å². The lowest BCUT2D eigenvalue weighted by atomic mass is 10.0. The van der Waals surface area contributed by atoms with Crippen molar-refractivity contribution in [3.05, 3.63) is 11.8 Å². The van der Waals surface area contributed by atoms with Crippen molar-refractivity contribution in [2.75, 3.05) is 13.1 Å². The zero-order valence-electron chi connectivity index (χ0n) is 9.89. The molecule has 0 spiro atoms. The number of aliphatic hydroxyl groups excluding tert-OH is 1. The van der Waals surface area contributed by atoms with E-state index in [1.165, 1.54) is 0 Å². The highest BCUT2D eigenvalue weighted by atomic mass is 16.4. The molecule has 1 aromatic rings. The second-order valence-corrected chi connectivity index (χ2v) is 4.47. The number of nitrogens with zero attached hydrogens (tertiary/aromatic N) is 3. The summed E-state index contributed by atoms with van der Waals surface area (Å²) in [5, 5.41) is 17.4. The molecular weight excluding hydrogens is 206 g/mol. The summed E-state index contributed by atoms with van der Waals surface area (Å²) >= 11 is 0. The Morgan fingerprint density at radius 2 is 2.25 bits per heavy atom. The van der Waals surface area contributed by atoms with Gasteiger partial charge in [-0.2, -0.15) is 0 Å². The SMILES string of the molecule is CCc1nnc(CN2CCC(C(C)O)C2)o1. The Bertz CT molecular complexity index is 338. The zero-order valence-corrected chi connectivity index (χ0v) is 9.89. The molecule has 1 fully saturated rings. The van der Waals surface area contributed by atoms with E-state index in [-0.39, 0.29) is 6.10 Å². The van der Waals surface area contributed by atoms with Crippen LogP contribution in [0.3, 0.4) is 0 Å². The number of aryl methyl sites for hydroxylation is 1. The summed E-state index contributed by atoms with van der Waals surface area (Å²) in [6.45, 7) is 6.48. The second-order valence-electron chi connectivity index (χ2n) is 4.47. The predicted octanol–water partition coefficient (Wildman–Crippen LogP) is 0.835. The second kappa shape index (κ2) is 4.93. The lowest BCUT2D eigenvalue weighted by molar-refractivity contribution is 0.126. The van der Waals surface area contributed by atoms with E-state index in [1.54, 1.807) is 0 Å². The maximum Gasteiger partial charge on any atom is 0.230 e. The molecule has 1 aromatic heterocycles. The van der Waals surface area contributed by atoms with Crippen molar-refractivity contribution in [3.8, 4) is 0 Å². The van der Waals surface area contributed by atoms with Gasteiger partial charge in [0.05, 0.1) is 12.6 Å². The van der Waals surface area contributed by atoms with Gasteiger partial charge in [-0.15, -0.1) is 10.2 Å². The van der Waals surface area contributed by atoms with Gasteiger partial charge in [0.25, 0.3) is 0 Å². The van der Waals surface area contributed by atoms with E-state index in [2.05, 4.69) is 15.1 Å². The molecule has 5 nitrogen and oxygen atoms in total. The van der Waals surface area contributed by atoms with Crippen LogP contribution in [0.15, 0.2) is 4.42 Å². The van der Waals surface area contributed by atoms with Gasteiger partial charge in [0.1, 0.15) is 0 Å². The molecule has 0 amide bonds. The third-order valence-corrected chi connectivity index (χ3v) is 3.16. The normalized spacial score (nSPS) is 23.8. The van der Waals surface area contributed by atoms with Crippen LogP contribution < -0.4 is 0 Å². The Morgan fingerprint density at radius 1 is 1.50 bits per heavy atom. The molecular formula is C11H19N3O2. The molecule has 1 aliphatic rings. The molecule has 0 aliphatic carbocycles. The van der Waals surface area contributed by atoms with Crippen LogP contribution in [0.4, 0.5) is 0 Å². The first kappa shape index (κ1) is 11.5. The monoisotopic (exact) mass is 225 g/mol. The molecule has 1 aliphatic heterocycles. The quantitative estimate of drug-likeness (QED) is 0.822. The average molecular weight is 225 g/mol. The Hall–Kier alpha value is -0.940. The fourth-order valence-corrected chi connectivity index (χ4v) is 2.09. The molecule has 0 radical (unpaired) electrons. The van der Waals surface area contributed by atoms with Crippen molar-refractivity contribution in [1.29, 1.82) is 0 Å². The highest BCUT2D eigenvalue weighted by molar-refractivity contribution is 4.85. The Kier molecular flexibility index (Phi) is 3.56. The zero-order chi connectivity index (χ0) is 11.5. The number of rotatable bonds is 4. The van der Waals surface area contributed by atoms with Crippen LogP contribution in [0.1, 0.15) is 32.0 Å². The third kappa shape index (κ3) is 2.59. The van der Waals surface area contributed by atoms with Gasteiger partial charge in [0.15, 0.2) is 0 Å². The van der Waals surface area contributed by atoms with Gasteiger partial charge in [0.2, 0.25) is 11.8 Å². The van der Waals surface area contributed by atoms with Crippen molar-refractivity contribution in [1.82, 2.24) is 15.1 Å². The molecule has 2 heterocycles. The van der Waals surface area contributed by atoms with E-state index < -0.39 is 0 Å².